The van der Waals surface area contributed by atoms with Crippen molar-refractivity contribution in [1.29, 1.82) is 0 Å². The SMILES string of the molecule is C[C@H](C(=O)N[C@H](C)c1ccccc1)N1CCN(c2ccccc2)CC1. The number of nitrogens with zero attached hydrogens (tertiary/aromatic N) is 2. The van der Waals surface area contributed by atoms with Crippen LogP contribution in [0, 0.1) is 0 Å². The average molecular weight is 337 g/mol. The van der Waals surface area contributed by atoms with Gasteiger partial charge in [-0.3, -0.25) is 9.69 Å². The van der Waals surface area contributed by atoms with Gasteiger partial charge >= 0.3 is 0 Å². The van der Waals surface area contributed by atoms with E-state index < -0.39 is 0 Å². The van der Waals surface area contributed by atoms with Crippen molar-refractivity contribution in [2.75, 3.05) is 31.1 Å². The molecule has 0 aliphatic carbocycles. The van der Waals surface area contributed by atoms with Crippen LogP contribution in [-0.2, 0) is 4.79 Å². The fourth-order valence-corrected chi connectivity index (χ4v) is 3.33. The van der Waals surface area contributed by atoms with E-state index in [1.807, 2.05) is 50.2 Å². The van der Waals surface area contributed by atoms with Gasteiger partial charge in [-0.15, -0.1) is 0 Å². The maximum Gasteiger partial charge on any atom is 0.237 e. The van der Waals surface area contributed by atoms with Crippen molar-refractivity contribution in [2.24, 2.45) is 0 Å². The first kappa shape index (κ1) is 17.5. The van der Waals surface area contributed by atoms with Gasteiger partial charge in [-0.05, 0) is 31.5 Å². The van der Waals surface area contributed by atoms with Crippen LogP contribution in [0.1, 0.15) is 25.5 Å². The number of hydrogen-bond donors (Lipinski definition) is 1. The van der Waals surface area contributed by atoms with E-state index >= 15 is 0 Å². The molecule has 1 saturated heterocycles. The van der Waals surface area contributed by atoms with E-state index in [1.54, 1.807) is 0 Å². The molecule has 3 rings (SSSR count). The highest BCUT2D eigenvalue weighted by Crippen LogP contribution is 2.17. The molecule has 0 spiro atoms. The third kappa shape index (κ3) is 4.40. The van der Waals surface area contributed by atoms with E-state index in [0.29, 0.717) is 0 Å². The molecule has 1 aliphatic heterocycles. The molecule has 2 aromatic carbocycles. The molecule has 4 heteroatoms. The smallest absolute Gasteiger partial charge is 0.237 e. The molecule has 1 aliphatic rings. The summed E-state index contributed by atoms with van der Waals surface area (Å²) in [6.07, 6.45) is 0. The molecule has 0 aromatic heterocycles. The Labute approximate surface area is 150 Å². The second-order valence-electron chi connectivity index (χ2n) is 6.68. The Morgan fingerprint density at radius 3 is 2.04 bits per heavy atom. The van der Waals surface area contributed by atoms with Gasteiger partial charge in [0.1, 0.15) is 0 Å². The van der Waals surface area contributed by atoms with Gasteiger partial charge in [0.2, 0.25) is 5.91 Å². The summed E-state index contributed by atoms with van der Waals surface area (Å²) in [5, 5.41) is 3.14. The van der Waals surface area contributed by atoms with Crippen LogP contribution in [0.4, 0.5) is 5.69 Å². The summed E-state index contributed by atoms with van der Waals surface area (Å²) < 4.78 is 0. The molecule has 1 heterocycles. The summed E-state index contributed by atoms with van der Waals surface area (Å²) in [7, 11) is 0. The fraction of sp³-hybridized carbons (Fsp3) is 0.381. The van der Waals surface area contributed by atoms with Gasteiger partial charge < -0.3 is 10.2 Å². The van der Waals surface area contributed by atoms with Crippen LogP contribution >= 0.6 is 0 Å². The highest BCUT2D eigenvalue weighted by Gasteiger charge is 2.26. The lowest BCUT2D eigenvalue weighted by Gasteiger charge is -2.38. The second kappa shape index (κ2) is 8.17. The van der Waals surface area contributed by atoms with Gasteiger partial charge in [-0.1, -0.05) is 48.5 Å². The highest BCUT2D eigenvalue weighted by atomic mass is 16.2. The molecule has 0 unspecified atom stereocenters. The first-order valence-electron chi connectivity index (χ1n) is 9.04. The molecule has 0 bridgehead atoms. The van der Waals surface area contributed by atoms with E-state index in [2.05, 4.69) is 39.4 Å². The molecule has 0 radical (unpaired) electrons. The van der Waals surface area contributed by atoms with Crippen molar-refractivity contribution in [2.45, 2.75) is 25.9 Å². The minimum Gasteiger partial charge on any atom is -0.369 e. The normalized spacial score (nSPS) is 17.8. The molecular weight excluding hydrogens is 310 g/mol. The van der Waals surface area contributed by atoms with Crippen molar-refractivity contribution in [3.05, 3.63) is 66.2 Å². The second-order valence-corrected chi connectivity index (χ2v) is 6.68. The fourth-order valence-electron chi connectivity index (χ4n) is 3.33. The van der Waals surface area contributed by atoms with Crippen molar-refractivity contribution in [3.8, 4) is 0 Å². The first-order valence-corrected chi connectivity index (χ1v) is 9.04. The number of anilines is 1. The van der Waals surface area contributed by atoms with E-state index in [1.165, 1.54) is 5.69 Å². The van der Waals surface area contributed by atoms with Gasteiger partial charge in [0.25, 0.3) is 0 Å². The lowest BCUT2D eigenvalue weighted by Crippen LogP contribution is -2.54. The Morgan fingerprint density at radius 1 is 0.880 bits per heavy atom. The monoisotopic (exact) mass is 337 g/mol. The predicted octanol–water partition coefficient (Wildman–Crippen LogP) is 3.07. The van der Waals surface area contributed by atoms with E-state index in [9.17, 15) is 4.79 Å². The summed E-state index contributed by atoms with van der Waals surface area (Å²) in [6, 6.07) is 20.5. The number of rotatable bonds is 5. The van der Waals surface area contributed by atoms with Gasteiger partial charge in [-0.2, -0.15) is 0 Å². The van der Waals surface area contributed by atoms with Gasteiger partial charge in [-0.25, -0.2) is 0 Å². The average Bonchev–Trinajstić information content (AvgIpc) is 2.69. The molecule has 25 heavy (non-hydrogen) atoms. The predicted molar refractivity (Wildman–Crippen MR) is 103 cm³/mol. The summed E-state index contributed by atoms with van der Waals surface area (Å²) in [5.41, 5.74) is 2.40. The van der Waals surface area contributed by atoms with Crippen LogP contribution in [0.25, 0.3) is 0 Å². The summed E-state index contributed by atoms with van der Waals surface area (Å²) >= 11 is 0. The van der Waals surface area contributed by atoms with Crippen molar-refractivity contribution in [3.63, 3.8) is 0 Å². The van der Waals surface area contributed by atoms with Crippen LogP contribution in [0.5, 0.6) is 0 Å². The number of para-hydroxylation sites is 1. The molecule has 4 nitrogen and oxygen atoms in total. The zero-order valence-electron chi connectivity index (χ0n) is 15.1. The molecule has 1 amide bonds. The largest absolute Gasteiger partial charge is 0.369 e. The summed E-state index contributed by atoms with van der Waals surface area (Å²) in [6.45, 7) is 7.76. The number of carbonyl (C=O) groups excluding carboxylic acids is 1. The molecule has 2 aromatic rings. The quantitative estimate of drug-likeness (QED) is 0.911. The van der Waals surface area contributed by atoms with Crippen molar-refractivity contribution < 1.29 is 4.79 Å². The van der Waals surface area contributed by atoms with Crippen LogP contribution in [-0.4, -0.2) is 43.0 Å². The van der Waals surface area contributed by atoms with E-state index in [-0.39, 0.29) is 18.0 Å². The van der Waals surface area contributed by atoms with Crippen LogP contribution in [0.15, 0.2) is 60.7 Å². The number of benzene rings is 2. The Morgan fingerprint density at radius 2 is 1.44 bits per heavy atom. The molecular formula is C21H27N3O. The van der Waals surface area contributed by atoms with Gasteiger partial charge in [0.05, 0.1) is 12.1 Å². The minimum atomic E-state index is -0.107. The third-order valence-corrected chi connectivity index (χ3v) is 5.02. The maximum atomic E-state index is 12.6. The zero-order valence-corrected chi connectivity index (χ0v) is 15.1. The van der Waals surface area contributed by atoms with Gasteiger partial charge in [0, 0.05) is 31.9 Å². The Bertz CT molecular complexity index is 666. The molecule has 1 N–H and O–H groups in total. The van der Waals surface area contributed by atoms with Crippen molar-refractivity contribution >= 4 is 11.6 Å². The molecule has 0 saturated carbocycles. The Kier molecular flexibility index (Phi) is 5.71. The summed E-state index contributed by atoms with van der Waals surface area (Å²) in [4.78, 5) is 17.3. The lowest BCUT2D eigenvalue weighted by molar-refractivity contribution is -0.126. The molecule has 2 atom stereocenters. The number of nitrogens with one attached hydrogen (secondary N) is 1. The Hall–Kier alpha value is -2.33. The zero-order chi connectivity index (χ0) is 17.6. The summed E-state index contributed by atoms with van der Waals surface area (Å²) in [5.74, 6) is 0.101. The third-order valence-electron chi connectivity index (χ3n) is 5.02. The topological polar surface area (TPSA) is 35.6 Å². The van der Waals surface area contributed by atoms with Crippen LogP contribution in [0.2, 0.25) is 0 Å². The van der Waals surface area contributed by atoms with Crippen molar-refractivity contribution in [1.82, 2.24) is 10.2 Å². The van der Waals surface area contributed by atoms with Crippen LogP contribution in [0.3, 0.4) is 0 Å². The number of carbonyl (C=O) groups is 1. The first-order chi connectivity index (χ1) is 12.1. The van der Waals surface area contributed by atoms with Gasteiger partial charge in [0.15, 0.2) is 0 Å². The number of hydrogen-bond acceptors (Lipinski definition) is 3. The highest BCUT2D eigenvalue weighted by molar-refractivity contribution is 5.81. The molecule has 132 valence electrons. The maximum absolute atomic E-state index is 12.6. The minimum absolute atomic E-state index is 0.0294. The number of piperazine rings is 1. The van der Waals surface area contributed by atoms with E-state index in [4.69, 9.17) is 0 Å². The number of amides is 1. The van der Waals surface area contributed by atoms with E-state index in [0.717, 1.165) is 31.7 Å². The lowest BCUT2D eigenvalue weighted by atomic mass is 10.1. The van der Waals surface area contributed by atoms with Crippen LogP contribution < -0.4 is 10.2 Å². The Balaban J connectivity index is 1.52. The standard InChI is InChI=1S/C21H27N3O/c1-17(19-9-5-3-6-10-19)22-21(25)18(2)23-13-15-24(16-14-23)20-11-7-4-8-12-20/h3-12,17-18H,13-16H2,1-2H3,(H,22,25)/t17-,18-/m1/s1. The molecule has 1 fully saturated rings.